The van der Waals surface area contributed by atoms with Gasteiger partial charge in [-0.2, -0.15) is 10.7 Å². The molecular formula is C26H25ClN4O3. The van der Waals surface area contributed by atoms with Gasteiger partial charge in [0.15, 0.2) is 5.69 Å². The molecule has 0 fully saturated rings. The summed E-state index contributed by atoms with van der Waals surface area (Å²) in [5.41, 5.74) is 5.14. The van der Waals surface area contributed by atoms with Crippen molar-refractivity contribution < 1.29 is 14.4 Å². The molecule has 0 bridgehead atoms. The van der Waals surface area contributed by atoms with Crippen LogP contribution in [0.2, 0.25) is 5.02 Å². The Bertz CT molecular complexity index is 1210. The number of nitriles is 1. The molecule has 0 unspecified atom stereocenters. The molecule has 0 saturated heterocycles. The Hall–Kier alpha value is -3.76. The monoisotopic (exact) mass is 476 g/mol. The van der Waals surface area contributed by atoms with Crippen molar-refractivity contribution in [3.8, 4) is 6.07 Å². The molecule has 3 aromatic rings. The summed E-state index contributed by atoms with van der Waals surface area (Å²) >= 11 is 6.05. The van der Waals surface area contributed by atoms with Gasteiger partial charge in [-0.3, -0.25) is 9.78 Å². The second kappa shape index (κ2) is 11.4. The lowest BCUT2D eigenvalue weighted by Gasteiger charge is -2.25. The minimum absolute atomic E-state index is 0.0246. The van der Waals surface area contributed by atoms with E-state index in [1.54, 1.807) is 19.9 Å². The summed E-state index contributed by atoms with van der Waals surface area (Å²) in [6, 6.07) is 17.1. The van der Waals surface area contributed by atoms with Crippen LogP contribution in [0.3, 0.4) is 0 Å². The largest absolute Gasteiger partial charge is 0.383 e. The Balaban J connectivity index is 1.97. The number of nitrogens with one attached hydrogen (secondary N) is 1. The van der Waals surface area contributed by atoms with Crippen molar-refractivity contribution in [3.63, 3.8) is 0 Å². The molecule has 2 aromatic carbocycles. The molecule has 1 N–H and O–H groups in total. The van der Waals surface area contributed by atoms with Crippen molar-refractivity contribution in [1.82, 2.24) is 15.4 Å². The molecule has 174 valence electrons. The molecule has 0 radical (unpaired) electrons. The molecule has 3 rings (SSSR count). The lowest BCUT2D eigenvalue weighted by atomic mass is 9.80. The van der Waals surface area contributed by atoms with E-state index in [0.717, 1.165) is 11.1 Å². The summed E-state index contributed by atoms with van der Waals surface area (Å²) in [4.78, 5) is 38.2. The minimum atomic E-state index is -0.792. The average Bonchev–Trinajstić information content (AvgIpc) is 2.86. The van der Waals surface area contributed by atoms with Gasteiger partial charge in [-0.1, -0.05) is 56.6 Å². The number of halogens is 1. The number of carbonyl (C=O) groups is 2. The van der Waals surface area contributed by atoms with Gasteiger partial charge in [-0.15, -0.1) is 0 Å². The fraction of sp³-hybridized carbons (Fsp3) is 0.269. The highest BCUT2D eigenvalue weighted by atomic mass is 35.5. The smallest absolute Gasteiger partial charge is 0.334 e. The highest BCUT2D eigenvalue weighted by Gasteiger charge is 2.29. The van der Waals surface area contributed by atoms with Gasteiger partial charge in [0.1, 0.15) is 0 Å². The van der Waals surface area contributed by atoms with E-state index in [9.17, 15) is 14.9 Å². The Morgan fingerprint density at radius 1 is 1.09 bits per heavy atom. The van der Waals surface area contributed by atoms with Crippen molar-refractivity contribution in [2.24, 2.45) is 5.92 Å². The zero-order chi connectivity index (χ0) is 24.7. The fourth-order valence-electron chi connectivity index (χ4n) is 3.59. The van der Waals surface area contributed by atoms with E-state index in [1.165, 1.54) is 12.4 Å². The first-order valence-corrected chi connectivity index (χ1v) is 11.2. The first kappa shape index (κ1) is 24.9. The van der Waals surface area contributed by atoms with E-state index in [-0.39, 0.29) is 23.4 Å². The summed E-state index contributed by atoms with van der Waals surface area (Å²) in [7, 11) is 0. The summed E-state index contributed by atoms with van der Waals surface area (Å²) < 4.78 is 0. The van der Waals surface area contributed by atoms with Crippen LogP contribution in [-0.4, -0.2) is 21.8 Å². The maximum Gasteiger partial charge on any atom is 0.383 e. The first-order valence-electron chi connectivity index (χ1n) is 10.9. The highest BCUT2D eigenvalue weighted by Crippen LogP contribution is 2.36. The second-order valence-corrected chi connectivity index (χ2v) is 8.70. The van der Waals surface area contributed by atoms with E-state index in [0.29, 0.717) is 22.7 Å². The molecule has 0 aliphatic carbocycles. The van der Waals surface area contributed by atoms with Gasteiger partial charge in [-0.25, -0.2) is 9.78 Å². The highest BCUT2D eigenvalue weighted by molar-refractivity contribution is 6.30. The van der Waals surface area contributed by atoms with Gasteiger partial charge in [0, 0.05) is 29.3 Å². The van der Waals surface area contributed by atoms with Crippen LogP contribution >= 0.6 is 11.6 Å². The summed E-state index contributed by atoms with van der Waals surface area (Å²) in [5, 5.41) is 10.0. The number of hydrogen-bond donors (Lipinski definition) is 1. The van der Waals surface area contributed by atoms with Crippen LogP contribution < -0.4 is 5.48 Å². The molecule has 2 atom stereocenters. The molecule has 1 amide bonds. The Morgan fingerprint density at radius 2 is 1.79 bits per heavy atom. The van der Waals surface area contributed by atoms with Crippen LogP contribution in [0, 0.1) is 17.2 Å². The standard InChI is InChI=1S/C26H25ClN4O3/c1-16(2)25(32)31-34-26(33)24-23(29-11-12-30-24)17(3)22(14-18-7-9-21(27)10-8-18)20-6-4-5-19(13-20)15-28/h4-13,16-17,22H,14H2,1-3H3,(H,31,32)/t17-,22-/m0/s1. The van der Waals surface area contributed by atoms with E-state index < -0.39 is 11.9 Å². The fourth-order valence-corrected chi connectivity index (χ4v) is 3.72. The third-order valence-electron chi connectivity index (χ3n) is 5.54. The van der Waals surface area contributed by atoms with Crippen LogP contribution in [0.4, 0.5) is 0 Å². The van der Waals surface area contributed by atoms with Crippen LogP contribution in [0.5, 0.6) is 0 Å². The number of hydroxylamine groups is 1. The van der Waals surface area contributed by atoms with E-state index >= 15 is 0 Å². The second-order valence-electron chi connectivity index (χ2n) is 8.26. The van der Waals surface area contributed by atoms with Gasteiger partial charge in [0.25, 0.3) is 5.91 Å². The van der Waals surface area contributed by atoms with Gasteiger partial charge in [0.05, 0.1) is 17.3 Å². The first-order chi connectivity index (χ1) is 16.3. The third kappa shape index (κ3) is 6.18. The Labute approximate surface area is 203 Å². The molecule has 34 heavy (non-hydrogen) atoms. The molecule has 1 aromatic heterocycles. The van der Waals surface area contributed by atoms with E-state index in [2.05, 4.69) is 21.5 Å². The topological polar surface area (TPSA) is 105 Å². The molecule has 0 aliphatic heterocycles. The number of hydrogen-bond acceptors (Lipinski definition) is 6. The van der Waals surface area contributed by atoms with Crippen molar-refractivity contribution in [2.75, 3.05) is 0 Å². The van der Waals surface area contributed by atoms with Gasteiger partial charge >= 0.3 is 5.97 Å². The molecule has 0 saturated carbocycles. The van der Waals surface area contributed by atoms with Gasteiger partial charge in [-0.05, 0) is 47.7 Å². The van der Waals surface area contributed by atoms with Crippen LogP contribution in [0.15, 0.2) is 60.9 Å². The molecule has 0 aliphatic rings. The summed E-state index contributed by atoms with van der Waals surface area (Å²) in [6.07, 6.45) is 3.53. The zero-order valence-electron chi connectivity index (χ0n) is 19.2. The maximum atomic E-state index is 12.8. The van der Waals surface area contributed by atoms with Crippen LogP contribution in [0.25, 0.3) is 0 Å². The molecular weight excluding hydrogens is 452 g/mol. The molecule has 7 nitrogen and oxygen atoms in total. The summed E-state index contributed by atoms with van der Waals surface area (Å²) in [5.74, 6) is -1.96. The van der Waals surface area contributed by atoms with Crippen molar-refractivity contribution in [2.45, 2.75) is 39.0 Å². The number of carbonyl (C=O) groups excluding carboxylic acids is 2. The molecule has 1 heterocycles. The van der Waals surface area contributed by atoms with Gasteiger partial charge in [0.2, 0.25) is 0 Å². The number of rotatable bonds is 7. The Morgan fingerprint density at radius 3 is 2.47 bits per heavy atom. The number of aromatic nitrogens is 2. The van der Waals surface area contributed by atoms with Crippen LogP contribution in [0.1, 0.15) is 65.5 Å². The normalized spacial score (nSPS) is 12.5. The Kier molecular flexibility index (Phi) is 8.34. The SMILES string of the molecule is CC(C)C(=O)NOC(=O)c1nccnc1[C@@H](C)[C@H](Cc1ccc(Cl)cc1)c1cccc(C#N)c1. The molecule has 0 spiro atoms. The third-order valence-corrected chi connectivity index (χ3v) is 5.79. The van der Waals surface area contributed by atoms with E-state index in [4.69, 9.17) is 16.4 Å². The maximum absolute atomic E-state index is 12.8. The predicted octanol–water partition coefficient (Wildman–Crippen LogP) is 4.98. The van der Waals surface area contributed by atoms with Crippen LogP contribution in [-0.2, 0) is 16.1 Å². The zero-order valence-corrected chi connectivity index (χ0v) is 19.9. The van der Waals surface area contributed by atoms with Crippen molar-refractivity contribution in [3.05, 3.63) is 94.0 Å². The average molecular weight is 477 g/mol. The van der Waals surface area contributed by atoms with Crippen molar-refractivity contribution >= 4 is 23.5 Å². The number of benzene rings is 2. The minimum Gasteiger partial charge on any atom is -0.334 e. The van der Waals surface area contributed by atoms with E-state index in [1.807, 2.05) is 49.4 Å². The van der Waals surface area contributed by atoms with Crippen molar-refractivity contribution in [1.29, 1.82) is 5.26 Å². The quantitative estimate of drug-likeness (QED) is 0.482. The lowest BCUT2D eigenvalue weighted by molar-refractivity contribution is -0.133. The number of nitrogens with zero attached hydrogens (tertiary/aromatic N) is 3. The predicted molar refractivity (Wildman–Crippen MR) is 128 cm³/mol. The number of amides is 1. The molecule has 8 heteroatoms. The van der Waals surface area contributed by atoms with Gasteiger partial charge < -0.3 is 4.84 Å². The summed E-state index contributed by atoms with van der Waals surface area (Å²) in [6.45, 7) is 5.33. The lowest BCUT2D eigenvalue weighted by Crippen LogP contribution is -2.31.